The quantitative estimate of drug-likeness (QED) is 0.751. The van der Waals surface area contributed by atoms with Crippen LogP contribution < -0.4 is 0 Å². The predicted molar refractivity (Wildman–Crippen MR) is 63.6 cm³/mol. The molecular weight excluding hydrogens is 208 g/mol. The van der Waals surface area contributed by atoms with Crippen LogP contribution in [-0.2, 0) is 11.2 Å². The molecule has 3 heteroatoms. The van der Waals surface area contributed by atoms with Crippen molar-refractivity contribution in [3.05, 3.63) is 21.9 Å². The molecule has 0 saturated heterocycles. The molecule has 0 aliphatic carbocycles. The minimum Gasteiger partial charge on any atom is -0.481 e. The molecule has 0 amide bonds. The Labute approximate surface area is 94.9 Å². The number of aryl methyl sites for hydroxylation is 1. The maximum Gasteiger partial charge on any atom is 0.310 e. The van der Waals surface area contributed by atoms with Crippen LogP contribution in [0.1, 0.15) is 49.5 Å². The van der Waals surface area contributed by atoms with E-state index in [1.54, 1.807) is 18.3 Å². The van der Waals surface area contributed by atoms with Gasteiger partial charge in [0.1, 0.15) is 0 Å². The molecule has 84 valence electrons. The van der Waals surface area contributed by atoms with Gasteiger partial charge in [0, 0.05) is 4.88 Å². The van der Waals surface area contributed by atoms with Crippen LogP contribution in [0, 0.1) is 0 Å². The Morgan fingerprint density at radius 2 is 2.27 bits per heavy atom. The number of carboxylic acid groups (broad SMARTS) is 1. The summed E-state index contributed by atoms with van der Waals surface area (Å²) in [7, 11) is 0. The van der Waals surface area contributed by atoms with Crippen LogP contribution in [0.5, 0.6) is 0 Å². The number of carboxylic acids is 1. The van der Waals surface area contributed by atoms with Crippen molar-refractivity contribution < 1.29 is 9.90 Å². The first-order chi connectivity index (χ1) is 7.15. The van der Waals surface area contributed by atoms with Crippen molar-refractivity contribution in [2.45, 2.75) is 45.4 Å². The summed E-state index contributed by atoms with van der Waals surface area (Å²) < 4.78 is 0. The van der Waals surface area contributed by atoms with E-state index in [-0.39, 0.29) is 5.92 Å². The third-order valence-electron chi connectivity index (χ3n) is 2.57. The van der Waals surface area contributed by atoms with Crippen molar-refractivity contribution in [3.63, 3.8) is 0 Å². The molecule has 1 aromatic heterocycles. The number of aliphatic carboxylic acids is 1. The summed E-state index contributed by atoms with van der Waals surface area (Å²) in [6.07, 6.45) is 4.77. The zero-order valence-electron chi connectivity index (χ0n) is 9.32. The lowest BCUT2D eigenvalue weighted by Crippen LogP contribution is -2.05. The van der Waals surface area contributed by atoms with Crippen molar-refractivity contribution in [3.8, 4) is 0 Å². The van der Waals surface area contributed by atoms with Crippen LogP contribution >= 0.6 is 11.3 Å². The molecule has 1 N–H and O–H groups in total. The van der Waals surface area contributed by atoms with Crippen LogP contribution in [0.2, 0.25) is 0 Å². The van der Waals surface area contributed by atoms with Gasteiger partial charge >= 0.3 is 5.97 Å². The van der Waals surface area contributed by atoms with Gasteiger partial charge in [0.15, 0.2) is 0 Å². The molecule has 0 radical (unpaired) electrons. The van der Waals surface area contributed by atoms with E-state index in [1.165, 1.54) is 24.1 Å². The number of hydrogen-bond acceptors (Lipinski definition) is 2. The second-order valence-corrected chi connectivity index (χ2v) is 4.86. The summed E-state index contributed by atoms with van der Waals surface area (Å²) in [5.41, 5.74) is 0.944. The molecule has 0 fully saturated rings. The highest BCUT2D eigenvalue weighted by Crippen LogP contribution is 2.24. The summed E-state index contributed by atoms with van der Waals surface area (Å²) in [5, 5.41) is 10.8. The Morgan fingerprint density at radius 1 is 1.53 bits per heavy atom. The molecule has 1 rings (SSSR count). The van der Waals surface area contributed by atoms with Gasteiger partial charge in [0.25, 0.3) is 0 Å². The van der Waals surface area contributed by atoms with Gasteiger partial charge in [-0.1, -0.05) is 19.8 Å². The van der Waals surface area contributed by atoms with Crippen LogP contribution in [-0.4, -0.2) is 11.1 Å². The molecule has 0 aliphatic heterocycles. The molecule has 0 spiro atoms. The molecule has 15 heavy (non-hydrogen) atoms. The number of hydrogen-bond donors (Lipinski definition) is 1. The topological polar surface area (TPSA) is 37.3 Å². The fourth-order valence-corrected chi connectivity index (χ4v) is 2.47. The van der Waals surface area contributed by atoms with Crippen molar-refractivity contribution in [1.29, 1.82) is 0 Å². The first-order valence-corrected chi connectivity index (χ1v) is 6.33. The number of unbranched alkanes of at least 4 members (excludes halogenated alkanes) is 2. The molecule has 1 atom stereocenters. The van der Waals surface area contributed by atoms with Gasteiger partial charge in [-0.3, -0.25) is 4.79 Å². The molecule has 1 unspecified atom stereocenters. The van der Waals surface area contributed by atoms with Gasteiger partial charge in [-0.25, -0.2) is 0 Å². The van der Waals surface area contributed by atoms with Crippen LogP contribution in [0.15, 0.2) is 11.4 Å². The van der Waals surface area contributed by atoms with Gasteiger partial charge in [0.05, 0.1) is 5.92 Å². The molecule has 0 saturated carbocycles. The Morgan fingerprint density at radius 3 is 2.87 bits per heavy atom. The maximum atomic E-state index is 10.8. The van der Waals surface area contributed by atoms with Crippen molar-refractivity contribution in [2.75, 3.05) is 0 Å². The Balaban J connectivity index is 2.52. The van der Waals surface area contributed by atoms with Gasteiger partial charge < -0.3 is 5.11 Å². The van der Waals surface area contributed by atoms with Gasteiger partial charge in [-0.2, -0.15) is 0 Å². The summed E-state index contributed by atoms with van der Waals surface area (Å²) in [6, 6.07) is 2.04. The fraction of sp³-hybridized carbons (Fsp3) is 0.583. The third kappa shape index (κ3) is 3.67. The van der Waals surface area contributed by atoms with E-state index < -0.39 is 5.97 Å². The Bertz CT molecular complexity index is 317. The summed E-state index contributed by atoms with van der Waals surface area (Å²) >= 11 is 1.68. The molecule has 0 aromatic carbocycles. The van der Waals surface area contributed by atoms with Crippen LogP contribution in [0.4, 0.5) is 0 Å². The Kier molecular flexibility index (Phi) is 4.82. The monoisotopic (exact) mass is 226 g/mol. The van der Waals surface area contributed by atoms with Gasteiger partial charge in [-0.05, 0) is 36.8 Å². The number of rotatable bonds is 6. The van der Waals surface area contributed by atoms with E-state index >= 15 is 0 Å². The molecule has 0 bridgehead atoms. The summed E-state index contributed by atoms with van der Waals surface area (Å²) in [6.45, 7) is 3.92. The highest BCUT2D eigenvalue weighted by molar-refractivity contribution is 7.10. The summed E-state index contributed by atoms with van der Waals surface area (Å²) in [4.78, 5) is 12.1. The first-order valence-electron chi connectivity index (χ1n) is 5.45. The lowest BCUT2D eigenvalue weighted by molar-refractivity contribution is -0.138. The normalized spacial score (nSPS) is 12.7. The average molecular weight is 226 g/mol. The summed E-state index contributed by atoms with van der Waals surface area (Å²) in [5.74, 6) is -1.12. The lowest BCUT2D eigenvalue weighted by atomic mass is 10.0. The average Bonchev–Trinajstić information content (AvgIpc) is 2.65. The molecule has 1 heterocycles. The SMILES string of the molecule is CCCCCc1cc(C(C)C(=O)O)cs1. The minimum atomic E-state index is -0.743. The zero-order valence-corrected chi connectivity index (χ0v) is 10.1. The predicted octanol–water partition coefficient (Wildman–Crippen LogP) is 3.67. The molecule has 2 nitrogen and oxygen atoms in total. The highest BCUT2D eigenvalue weighted by Gasteiger charge is 2.14. The standard InChI is InChI=1S/C12H18O2S/c1-3-4-5-6-11-7-10(8-15-11)9(2)12(13)14/h7-9H,3-6H2,1-2H3,(H,13,14). The highest BCUT2D eigenvalue weighted by atomic mass is 32.1. The van der Waals surface area contributed by atoms with Crippen LogP contribution in [0.25, 0.3) is 0 Å². The van der Waals surface area contributed by atoms with E-state index in [4.69, 9.17) is 5.11 Å². The largest absolute Gasteiger partial charge is 0.481 e. The van der Waals surface area contributed by atoms with Crippen molar-refractivity contribution in [2.24, 2.45) is 0 Å². The number of carbonyl (C=O) groups is 1. The lowest BCUT2D eigenvalue weighted by Gasteiger charge is -2.01. The minimum absolute atomic E-state index is 0.374. The van der Waals surface area contributed by atoms with Gasteiger partial charge in [0.2, 0.25) is 0 Å². The van der Waals surface area contributed by atoms with Crippen molar-refractivity contribution in [1.82, 2.24) is 0 Å². The first kappa shape index (κ1) is 12.2. The molecule has 0 aliphatic rings. The second kappa shape index (κ2) is 5.91. The van der Waals surface area contributed by atoms with Crippen LogP contribution in [0.3, 0.4) is 0 Å². The van der Waals surface area contributed by atoms with E-state index in [1.807, 2.05) is 11.4 Å². The van der Waals surface area contributed by atoms with Crippen molar-refractivity contribution >= 4 is 17.3 Å². The second-order valence-electron chi connectivity index (χ2n) is 3.86. The zero-order chi connectivity index (χ0) is 11.3. The molecule has 1 aromatic rings. The third-order valence-corrected chi connectivity index (χ3v) is 3.59. The van der Waals surface area contributed by atoms with Gasteiger partial charge in [-0.15, -0.1) is 11.3 Å². The fourth-order valence-electron chi connectivity index (χ4n) is 1.45. The van der Waals surface area contributed by atoms with E-state index in [0.717, 1.165) is 12.0 Å². The van der Waals surface area contributed by atoms with E-state index in [2.05, 4.69) is 6.92 Å². The smallest absolute Gasteiger partial charge is 0.310 e. The van der Waals surface area contributed by atoms with E-state index in [9.17, 15) is 4.79 Å². The number of thiophene rings is 1. The maximum absolute atomic E-state index is 10.8. The Hall–Kier alpha value is -0.830. The molecular formula is C12H18O2S. The van der Waals surface area contributed by atoms with E-state index in [0.29, 0.717) is 0 Å².